The average molecular weight is 283 g/mol. The predicted molar refractivity (Wildman–Crippen MR) is 66.9 cm³/mol. The molecule has 4 nitrogen and oxygen atoms in total. The van der Waals surface area contributed by atoms with Crippen molar-refractivity contribution in [1.29, 1.82) is 0 Å². The Bertz CT molecular complexity index is 561. The summed E-state index contributed by atoms with van der Waals surface area (Å²) in [6.45, 7) is 3.39. The van der Waals surface area contributed by atoms with Gasteiger partial charge in [-0.3, -0.25) is 4.79 Å². The molecule has 20 heavy (non-hydrogen) atoms. The van der Waals surface area contributed by atoms with Crippen LogP contribution in [0.3, 0.4) is 0 Å². The third-order valence-corrected chi connectivity index (χ3v) is 3.54. The number of hydrogen-bond acceptors (Lipinski definition) is 3. The molecule has 1 aromatic carbocycles. The fraction of sp³-hybridized carbons (Fsp3) is 0.429. The van der Waals surface area contributed by atoms with Crippen LogP contribution >= 0.6 is 0 Å². The Kier molecular flexibility index (Phi) is 3.74. The number of carbonyl (C=O) groups excluding carboxylic acids is 2. The smallest absolute Gasteiger partial charge is 0.329 e. The fourth-order valence-corrected chi connectivity index (χ4v) is 2.55. The number of amides is 1. The van der Waals surface area contributed by atoms with Crippen LogP contribution in [0.5, 0.6) is 0 Å². The van der Waals surface area contributed by atoms with Crippen molar-refractivity contribution in [3.63, 3.8) is 0 Å². The predicted octanol–water partition coefficient (Wildman–Crippen LogP) is 1.67. The molecule has 2 atom stereocenters. The summed E-state index contributed by atoms with van der Waals surface area (Å²) in [5, 5.41) is 2.50. The second kappa shape index (κ2) is 5.19. The number of benzene rings is 1. The molecule has 1 saturated heterocycles. The molecule has 2 unspecified atom stereocenters. The molecule has 0 spiro atoms. The van der Waals surface area contributed by atoms with Gasteiger partial charge >= 0.3 is 5.97 Å². The van der Waals surface area contributed by atoms with Gasteiger partial charge in [0.1, 0.15) is 17.7 Å². The van der Waals surface area contributed by atoms with Gasteiger partial charge in [-0.25, -0.2) is 13.6 Å². The van der Waals surface area contributed by atoms with Crippen molar-refractivity contribution in [3.8, 4) is 0 Å². The van der Waals surface area contributed by atoms with Crippen molar-refractivity contribution in [2.75, 3.05) is 6.61 Å². The Morgan fingerprint density at radius 3 is 2.80 bits per heavy atom. The van der Waals surface area contributed by atoms with Crippen LogP contribution in [-0.4, -0.2) is 24.5 Å². The highest BCUT2D eigenvalue weighted by Gasteiger charge is 2.50. The van der Waals surface area contributed by atoms with Crippen LogP contribution in [0.15, 0.2) is 18.2 Å². The third-order valence-electron chi connectivity index (χ3n) is 3.54. The summed E-state index contributed by atoms with van der Waals surface area (Å²) in [4.78, 5) is 23.5. The zero-order valence-corrected chi connectivity index (χ0v) is 11.2. The minimum Gasteiger partial charge on any atom is -0.464 e. The van der Waals surface area contributed by atoms with Crippen molar-refractivity contribution in [1.82, 2.24) is 5.32 Å². The van der Waals surface area contributed by atoms with E-state index in [2.05, 4.69) is 5.32 Å². The lowest BCUT2D eigenvalue weighted by Crippen LogP contribution is -2.46. The second-order valence-electron chi connectivity index (χ2n) is 4.97. The van der Waals surface area contributed by atoms with E-state index in [9.17, 15) is 18.4 Å². The normalized spacial score (nSPS) is 25.4. The van der Waals surface area contributed by atoms with Gasteiger partial charge in [-0.15, -0.1) is 0 Å². The summed E-state index contributed by atoms with van der Waals surface area (Å²) in [5.74, 6) is -2.48. The molecule has 0 aromatic heterocycles. The molecule has 1 aliphatic rings. The highest BCUT2D eigenvalue weighted by atomic mass is 19.1. The Labute approximate surface area is 115 Å². The second-order valence-corrected chi connectivity index (χ2v) is 4.97. The first kappa shape index (κ1) is 14.4. The van der Waals surface area contributed by atoms with Crippen molar-refractivity contribution in [2.24, 2.45) is 0 Å². The van der Waals surface area contributed by atoms with Gasteiger partial charge in [0.2, 0.25) is 5.91 Å². The van der Waals surface area contributed by atoms with Crippen LogP contribution in [0, 0.1) is 11.6 Å². The van der Waals surface area contributed by atoms with Crippen molar-refractivity contribution >= 4 is 11.9 Å². The van der Waals surface area contributed by atoms with Crippen LogP contribution in [0.4, 0.5) is 8.78 Å². The first-order valence-electron chi connectivity index (χ1n) is 6.30. The molecule has 0 bridgehead atoms. The Morgan fingerprint density at radius 2 is 2.20 bits per heavy atom. The van der Waals surface area contributed by atoms with Gasteiger partial charge in [-0.05, 0) is 18.6 Å². The maximum Gasteiger partial charge on any atom is 0.329 e. The standard InChI is InChI=1S/C14H15F2NO3/c1-3-20-13(19)12-14(2,7-11(18)17-12)9-5-4-8(15)6-10(9)16/h4-6,12H,3,7H2,1-2H3,(H,17,18). The van der Waals surface area contributed by atoms with Gasteiger partial charge in [-0.1, -0.05) is 13.0 Å². The molecule has 1 aliphatic heterocycles. The lowest BCUT2D eigenvalue weighted by atomic mass is 9.75. The quantitative estimate of drug-likeness (QED) is 0.859. The van der Waals surface area contributed by atoms with Gasteiger partial charge < -0.3 is 10.1 Å². The lowest BCUT2D eigenvalue weighted by Gasteiger charge is -2.29. The zero-order chi connectivity index (χ0) is 14.9. The van der Waals surface area contributed by atoms with Gasteiger partial charge in [0.25, 0.3) is 0 Å². The Balaban J connectivity index is 2.44. The van der Waals surface area contributed by atoms with Gasteiger partial charge in [0.15, 0.2) is 0 Å². The molecule has 1 N–H and O–H groups in total. The van der Waals surface area contributed by atoms with E-state index < -0.39 is 29.1 Å². The van der Waals surface area contributed by atoms with Gasteiger partial charge in [0.05, 0.1) is 6.61 Å². The molecule has 2 rings (SSSR count). The minimum atomic E-state index is -1.10. The monoisotopic (exact) mass is 283 g/mol. The number of carbonyl (C=O) groups is 2. The van der Waals surface area contributed by atoms with Crippen LogP contribution in [0.2, 0.25) is 0 Å². The number of halogens is 2. The number of hydrogen-bond donors (Lipinski definition) is 1. The molecule has 0 aliphatic carbocycles. The molecule has 0 saturated carbocycles. The summed E-state index contributed by atoms with van der Waals surface area (Å²) in [7, 11) is 0. The minimum absolute atomic E-state index is 0.0565. The average Bonchev–Trinajstić information content (AvgIpc) is 2.65. The summed E-state index contributed by atoms with van der Waals surface area (Å²) in [6.07, 6.45) is -0.0565. The maximum atomic E-state index is 14.0. The molecule has 1 aromatic rings. The summed E-state index contributed by atoms with van der Waals surface area (Å²) in [6, 6.07) is 2.13. The van der Waals surface area contributed by atoms with Crippen LogP contribution in [-0.2, 0) is 19.7 Å². The topological polar surface area (TPSA) is 55.4 Å². The molecule has 108 valence electrons. The molecule has 1 fully saturated rings. The highest BCUT2D eigenvalue weighted by molar-refractivity contribution is 5.91. The first-order chi connectivity index (χ1) is 9.38. The number of esters is 1. The van der Waals surface area contributed by atoms with E-state index in [0.717, 1.165) is 12.1 Å². The first-order valence-corrected chi connectivity index (χ1v) is 6.30. The number of nitrogens with one attached hydrogen (secondary N) is 1. The lowest BCUT2D eigenvalue weighted by molar-refractivity contribution is -0.147. The summed E-state index contributed by atoms with van der Waals surface area (Å²) < 4.78 is 31.9. The van der Waals surface area contributed by atoms with Crippen LogP contribution < -0.4 is 5.32 Å². The Morgan fingerprint density at radius 1 is 1.50 bits per heavy atom. The van der Waals surface area contributed by atoms with Crippen LogP contribution in [0.25, 0.3) is 0 Å². The van der Waals surface area contributed by atoms with Crippen LogP contribution in [0.1, 0.15) is 25.8 Å². The van der Waals surface area contributed by atoms with Gasteiger partial charge in [-0.2, -0.15) is 0 Å². The fourth-order valence-electron chi connectivity index (χ4n) is 2.55. The number of ether oxygens (including phenoxy) is 1. The molecular formula is C14H15F2NO3. The van der Waals surface area contributed by atoms with Crippen molar-refractivity contribution < 1.29 is 23.1 Å². The van der Waals surface area contributed by atoms with E-state index in [1.54, 1.807) is 13.8 Å². The summed E-state index contributed by atoms with van der Waals surface area (Å²) >= 11 is 0. The van der Waals surface area contributed by atoms with Gasteiger partial charge in [0, 0.05) is 17.9 Å². The van der Waals surface area contributed by atoms with E-state index >= 15 is 0 Å². The molecule has 1 heterocycles. The van der Waals surface area contributed by atoms with E-state index in [1.807, 2.05) is 0 Å². The molecule has 0 radical (unpaired) electrons. The summed E-state index contributed by atoms with van der Waals surface area (Å²) in [5.41, 5.74) is -0.975. The molecule has 1 amide bonds. The van der Waals surface area contributed by atoms with E-state index in [4.69, 9.17) is 4.74 Å². The zero-order valence-electron chi connectivity index (χ0n) is 11.2. The van der Waals surface area contributed by atoms with Crippen molar-refractivity contribution in [3.05, 3.63) is 35.4 Å². The molecule has 6 heteroatoms. The van der Waals surface area contributed by atoms with E-state index in [-0.39, 0.29) is 24.5 Å². The molecular weight excluding hydrogens is 268 g/mol. The van der Waals surface area contributed by atoms with E-state index in [1.165, 1.54) is 6.07 Å². The maximum absolute atomic E-state index is 14.0. The Hall–Kier alpha value is -1.98. The third kappa shape index (κ3) is 2.37. The highest BCUT2D eigenvalue weighted by Crippen LogP contribution is 2.37. The largest absolute Gasteiger partial charge is 0.464 e. The number of rotatable bonds is 3. The SMILES string of the molecule is CCOC(=O)C1NC(=O)CC1(C)c1ccc(F)cc1F. The van der Waals surface area contributed by atoms with Crippen molar-refractivity contribution in [2.45, 2.75) is 31.7 Å². The van der Waals surface area contributed by atoms with E-state index in [0.29, 0.717) is 0 Å².